The standard InChI is InChI=1S/C13H19BrN2O2/c1-3-6-16(8-13(18)15-2)12-7-11(14)5-4-10(12)9-17/h4-5,7,17H,3,6,8-9H2,1-2H3,(H,15,18). The molecule has 1 aromatic carbocycles. The first-order chi connectivity index (χ1) is 8.62. The molecule has 0 saturated carbocycles. The number of anilines is 1. The van der Waals surface area contributed by atoms with Crippen LogP contribution < -0.4 is 10.2 Å². The van der Waals surface area contributed by atoms with Crippen LogP contribution in [-0.2, 0) is 11.4 Å². The van der Waals surface area contributed by atoms with E-state index in [1.165, 1.54) is 0 Å². The van der Waals surface area contributed by atoms with Gasteiger partial charge in [-0.1, -0.05) is 28.9 Å². The van der Waals surface area contributed by atoms with Crippen LogP contribution in [0.5, 0.6) is 0 Å². The van der Waals surface area contributed by atoms with E-state index in [1.54, 1.807) is 7.05 Å². The maximum Gasteiger partial charge on any atom is 0.239 e. The number of nitrogens with zero attached hydrogens (tertiary/aromatic N) is 1. The number of benzene rings is 1. The van der Waals surface area contributed by atoms with Gasteiger partial charge < -0.3 is 15.3 Å². The summed E-state index contributed by atoms with van der Waals surface area (Å²) >= 11 is 3.42. The van der Waals surface area contributed by atoms with Gasteiger partial charge in [0.15, 0.2) is 0 Å². The van der Waals surface area contributed by atoms with E-state index < -0.39 is 0 Å². The largest absolute Gasteiger partial charge is 0.392 e. The molecule has 1 amide bonds. The highest BCUT2D eigenvalue weighted by molar-refractivity contribution is 9.10. The quantitative estimate of drug-likeness (QED) is 0.843. The fraction of sp³-hybridized carbons (Fsp3) is 0.462. The maximum atomic E-state index is 11.5. The molecule has 0 saturated heterocycles. The Morgan fingerprint density at radius 2 is 2.22 bits per heavy atom. The summed E-state index contributed by atoms with van der Waals surface area (Å²) in [5, 5.41) is 12.0. The van der Waals surface area contributed by atoms with Crippen LogP contribution in [0.3, 0.4) is 0 Å². The van der Waals surface area contributed by atoms with Crippen LogP contribution in [0.4, 0.5) is 5.69 Å². The molecular weight excluding hydrogens is 296 g/mol. The molecule has 0 aromatic heterocycles. The summed E-state index contributed by atoms with van der Waals surface area (Å²) in [4.78, 5) is 13.5. The topological polar surface area (TPSA) is 52.6 Å². The summed E-state index contributed by atoms with van der Waals surface area (Å²) in [6, 6.07) is 5.69. The van der Waals surface area contributed by atoms with Crippen LogP contribution >= 0.6 is 15.9 Å². The molecule has 0 bridgehead atoms. The van der Waals surface area contributed by atoms with E-state index in [9.17, 15) is 9.90 Å². The predicted octanol–water partition coefficient (Wildman–Crippen LogP) is 1.90. The van der Waals surface area contributed by atoms with Crippen molar-refractivity contribution in [3.63, 3.8) is 0 Å². The van der Waals surface area contributed by atoms with Gasteiger partial charge in [-0.15, -0.1) is 0 Å². The van der Waals surface area contributed by atoms with Crippen LogP contribution in [0.25, 0.3) is 0 Å². The molecule has 0 heterocycles. The van der Waals surface area contributed by atoms with E-state index in [4.69, 9.17) is 0 Å². The lowest BCUT2D eigenvalue weighted by Gasteiger charge is -2.25. The molecule has 2 N–H and O–H groups in total. The Morgan fingerprint density at radius 3 is 2.78 bits per heavy atom. The third-order valence-electron chi connectivity index (χ3n) is 2.67. The molecule has 0 fully saturated rings. The fourth-order valence-corrected chi connectivity index (χ4v) is 2.12. The summed E-state index contributed by atoms with van der Waals surface area (Å²) in [6.07, 6.45) is 0.939. The van der Waals surface area contributed by atoms with Crippen molar-refractivity contribution in [1.82, 2.24) is 5.32 Å². The van der Waals surface area contributed by atoms with Crippen LogP contribution in [0.1, 0.15) is 18.9 Å². The molecule has 0 radical (unpaired) electrons. The van der Waals surface area contributed by atoms with E-state index in [2.05, 4.69) is 28.2 Å². The number of aliphatic hydroxyl groups is 1. The van der Waals surface area contributed by atoms with Crippen molar-refractivity contribution in [2.75, 3.05) is 25.0 Å². The molecule has 0 atom stereocenters. The zero-order valence-corrected chi connectivity index (χ0v) is 12.3. The van der Waals surface area contributed by atoms with Crippen LogP contribution in [0.15, 0.2) is 22.7 Å². The first-order valence-corrected chi connectivity index (χ1v) is 6.76. The molecule has 100 valence electrons. The summed E-state index contributed by atoms with van der Waals surface area (Å²) in [6.45, 7) is 3.11. The Morgan fingerprint density at radius 1 is 1.50 bits per heavy atom. The first kappa shape index (κ1) is 15.0. The van der Waals surface area contributed by atoms with Gasteiger partial charge in [0, 0.05) is 29.3 Å². The molecule has 0 spiro atoms. The minimum absolute atomic E-state index is 0.0312. The second kappa shape index (κ2) is 7.38. The third-order valence-corrected chi connectivity index (χ3v) is 3.16. The summed E-state index contributed by atoms with van der Waals surface area (Å²) in [7, 11) is 1.63. The maximum absolute atomic E-state index is 11.5. The second-order valence-electron chi connectivity index (χ2n) is 4.03. The van der Waals surface area contributed by atoms with E-state index in [0.29, 0.717) is 6.54 Å². The number of likely N-dealkylation sites (N-methyl/N-ethyl adjacent to an activating group) is 1. The van der Waals surface area contributed by atoms with Gasteiger partial charge in [0.1, 0.15) is 0 Å². The molecular formula is C13H19BrN2O2. The normalized spacial score (nSPS) is 10.2. The van der Waals surface area contributed by atoms with E-state index in [-0.39, 0.29) is 12.5 Å². The number of nitrogens with one attached hydrogen (secondary N) is 1. The third kappa shape index (κ3) is 3.99. The van der Waals surface area contributed by atoms with Crippen molar-refractivity contribution in [1.29, 1.82) is 0 Å². The molecule has 0 aliphatic heterocycles. The number of rotatable bonds is 6. The van der Waals surface area contributed by atoms with E-state index >= 15 is 0 Å². The van der Waals surface area contributed by atoms with Crippen molar-refractivity contribution in [3.05, 3.63) is 28.2 Å². The lowest BCUT2D eigenvalue weighted by Crippen LogP contribution is -2.36. The van der Waals surface area contributed by atoms with E-state index in [0.717, 1.165) is 28.7 Å². The minimum Gasteiger partial charge on any atom is -0.392 e. The molecule has 1 rings (SSSR count). The van der Waals surface area contributed by atoms with Crippen molar-refractivity contribution in [2.45, 2.75) is 20.0 Å². The molecule has 0 aliphatic rings. The van der Waals surface area contributed by atoms with Gasteiger partial charge in [-0.25, -0.2) is 0 Å². The fourth-order valence-electron chi connectivity index (χ4n) is 1.77. The Hall–Kier alpha value is -1.07. The summed E-state index contributed by atoms with van der Waals surface area (Å²) < 4.78 is 0.938. The van der Waals surface area contributed by atoms with Gasteiger partial charge in [-0.05, 0) is 18.6 Å². The van der Waals surface area contributed by atoms with Crippen LogP contribution in [-0.4, -0.2) is 31.2 Å². The molecule has 4 nitrogen and oxygen atoms in total. The van der Waals surface area contributed by atoms with Gasteiger partial charge in [-0.2, -0.15) is 0 Å². The number of halogens is 1. The Labute approximate surface area is 116 Å². The Bertz CT molecular complexity index is 410. The molecule has 5 heteroatoms. The van der Waals surface area contributed by atoms with Gasteiger partial charge in [0.05, 0.1) is 13.2 Å². The van der Waals surface area contributed by atoms with Crippen LogP contribution in [0, 0.1) is 0 Å². The van der Waals surface area contributed by atoms with Crippen molar-refractivity contribution in [3.8, 4) is 0 Å². The lowest BCUT2D eigenvalue weighted by molar-refractivity contribution is -0.119. The smallest absolute Gasteiger partial charge is 0.239 e. The molecule has 0 unspecified atom stereocenters. The summed E-state index contributed by atoms with van der Waals surface area (Å²) in [5.74, 6) is -0.0349. The molecule has 18 heavy (non-hydrogen) atoms. The number of carbonyl (C=O) groups excluding carboxylic acids is 1. The SMILES string of the molecule is CCCN(CC(=O)NC)c1cc(Br)ccc1CO. The second-order valence-corrected chi connectivity index (χ2v) is 4.94. The highest BCUT2D eigenvalue weighted by Gasteiger charge is 2.13. The number of amides is 1. The molecule has 0 aliphatic carbocycles. The number of hydrogen-bond acceptors (Lipinski definition) is 3. The van der Waals surface area contributed by atoms with Crippen LogP contribution in [0.2, 0.25) is 0 Å². The van der Waals surface area contributed by atoms with Gasteiger partial charge in [-0.3, -0.25) is 4.79 Å². The number of aliphatic hydroxyl groups excluding tert-OH is 1. The van der Waals surface area contributed by atoms with Crippen molar-refractivity contribution in [2.24, 2.45) is 0 Å². The highest BCUT2D eigenvalue weighted by Crippen LogP contribution is 2.25. The number of carbonyl (C=O) groups is 1. The summed E-state index contributed by atoms with van der Waals surface area (Å²) in [5.41, 5.74) is 1.73. The average molecular weight is 315 g/mol. The monoisotopic (exact) mass is 314 g/mol. The van der Waals surface area contributed by atoms with Gasteiger partial charge >= 0.3 is 0 Å². The van der Waals surface area contributed by atoms with E-state index in [1.807, 2.05) is 23.1 Å². The number of hydrogen-bond donors (Lipinski definition) is 2. The Kier molecular flexibility index (Phi) is 6.15. The lowest BCUT2D eigenvalue weighted by atomic mass is 10.1. The van der Waals surface area contributed by atoms with Crippen molar-refractivity contribution < 1.29 is 9.90 Å². The van der Waals surface area contributed by atoms with Gasteiger partial charge in [0.2, 0.25) is 5.91 Å². The minimum atomic E-state index is -0.0349. The predicted molar refractivity (Wildman–Crippen MR) is 76.6 cm³/mol. The molecule has 1 aromatic rings. The first-order valence-electron chi connectivity index (χ1n) is 5.97. The highest BCUT2D eigenvalue weighted by atomic mass is 79.9. The average Bonchev–Trinajstić information content (AvgIpc) is 2.38. The van der Waals surface area contributed by atoms with Gasteiger partial charge in [0.25, 0.3) is 0 Å². The zero-order chi connectivity index (χ0) is 13.5. The van der Waals surface area contributed by atoms with Crippen molar-refractivity contribution >= 4 is 27.5 Å². The zero-order valence-electron chi connectivity index (χ0n) is 10.7. The Balaban J connectivity index is 3.03.